The van der Waals surface area contributed by atoms with Crippen molar-refractivity contribution in [3.63, 3.8) is 0 Å². The highest BCUT2D eigenvalue weighted by molar-refractivity contribution is 7.47. The Labute approximate surface area is 575 Å². The largest absolute Gasteiger partial charge is 0.472 e. The Morgan fingerprint density at radius 2 is 0.511 bits per heavy atom. The Balaban J connectivity index is 5.24. The van der Waals surface area contributed by atoms with Crippen LogP contribution in [0.2, 0.25) is 0 Å². The van der Waals surface area contributed by atoms with Crippen LogP contribution in [0.4, 0.5) is 0 Å². The van der Waals surface area contributed by atoms with Gasteiger partial charge in [-0.05, 0) is 49.4 Å². The number of aliphatic hydroxyl groups is 1. The third-order valence-corrected chi connectivity index (χ3v) is 19.6. The van der Waals surface area contributed by atoms with Crippen molar-refractivity contribution in [2.45, 2.75) is 395 Å². The van der Waals surface area contributed by atoms with Gasteiger partial charge in [0.05, 0.1) is 26.4 Å². The first-order chi connectivity index (χ1) is 45.1. The number of carbonyl (C=O) groups excluding carboxylic acids is 4. The first kappa shape index (κ1) is 92.1. The number of rotatable bonds is 72. The van der Waals surface area contributed by atoms with Crippen molar-refractivity contribution in [2.75, 3.05) is 39.6 Å². The third-order valence-electron chi connectivity index (χ3n) is 17.7. The minimum absolute atomic E-state index is 0.106. The first-order valence-electron chi connectivity index (χ1n) is 38.7. The summed E-state index contributed by atoms with van der Waals surface area (Å²) in [6, 6.07) is 0. The van der Waals surface area contributed by atoms with Gasteiger partial charge in [0.25, 0.3) is 0 Å². The van der Waals surface area contributed by atoms with Crippen LogP contribution in [0.1, 0.15) is 376 Å². The molecule has 17 nitrogen and oxygen atoms in total. The summed E-state index contributed by atoms with van der Waals surface area (Å²) in [5.74, 6) is 0.925. The standard InChI is InChI=1S/C75H146O17P2/c1-9-68(8)54-46-38-29-23-19-20-26-32-42-50-58-75(80)91-70(61-85-72(77)55-47-39-30-24-18-14-16-22-28-36-44-52-66(4)5)63-89-93(81,82)87-59-69(76)60-88-94(83,84)90-64-71(62-86-73(78)56-48-40-34-33-37-45-53-67(6)7)92-74(79)57-49-41-31-25-17-13-11-10-12-15-21-27-35-43-51-65(2)3/h65-71,76H,9-64H2,1-8H3,(H,81,82)(H,83,84)/t68?,69-,70-,71-/m1/s1. The lowest BCUT2D eigenvalue weighted by Crippen LogP contribution is -2.30. The van der Waals surface area contributed by atoms with Crippen molar-refractivity contribution in [3.05, 3.63) is 0 Å². The Morgan fingerprint density at radius 1 is 0.298 bits per heavy atom. The molecule has 558 valence electrons. The lowest BCUT2D eigenvalue weighted by atomic mass is 9.99. The zero-order valence-corrected chi connectivity index (χ0v) is 63.4. The van der Waals surface area contributed by atoms with Crippen LogP contribution in [0.25, 0.3) is 0 Å². The molecule has 0 aromatic rings. The third kappa shape index (κ3) is 67.3. The highest BCUT2D eigenvalue weighted by Gasteiger charge is 2.30. The zero-order valence-electron chi connectivity index (χ0n) is 61.6. The Bertz CT molecular complexity index is 1850. The van der Waals surface area contributed by atoms with E-state index in [4.69, 9.17) is 37.0 Å². The molecule has 0 aliphatic heterocycles. The van der Waals surface area contributed by atoms with Crippen LogP contribution in [0.3, 0.4) is 0 Å². The van der Waals surface area contributed by atoms with E-state index in [9.17, 15) is 43.2 Å². The van der Waals surface area contributed by atoms with E-state index in [1.54, 1.807) is 0 Å². The van der Waals surface area contributed by atoms with Crippen molar-refractivity contribution >= 4 is 39.5 Å². The molecule has 0 aromatic heterocycles. The lowest BCUT2D eigenvalue weighted by Gasteiger charge is -2.21. The normalized spacial score (nSPS) is 14.4. The molecule has 0 fully saturated rings. The number of hydrogen-bond donors (Lipinski definition) is 3. The van der Waals surface area contributed by atoms with Crippen molar-refractivity contribution in [1.82, 2.24) is 0 Å². The smallest absolute Gasteiger partial charge is 0.462 e. The summed E-state index contributed by atoms with van der Waals surface area (Å²) in [4.78, 5) is 72.8. The van der Waals surface area contributed by atoms with Crippen molar-refractivity contribution in [1.29, 1.82) is 0 Å². The van der Waals surface area contributed by atoms with E-state index in [2.05, 4.69) is 55.4 Å². The molecule has 0 aromatic carbocycles. The van der Waals surface area contributed by atoms with Crippen LogP contribution in [-0.2, 0) is 65.4 Å². The fraction of sp³-hybridized carbons (Fsp3) is 0.947. The summed E-state index contributed by atoms with van der Waals surface area (Å²) in [5.41, 5.74) is 0. The molecule has 0 spiro atoms. The molecule has 0 amide bonds. The van der Waals surface area contributed by atoms with E-state index in [1.807, 2.05) is 0 Å². The number of unbranched alkanes of at least 4 members (excludes halogenated alkanes) is 37. The van der Waals surface area contributed by atoms with Gasteiger partial charge >= 0.3 is 39.5 Å². The number of esters is 4. The first-order valence-corrected chi connectivity index (χ1v) is 41.7. The average Bonchev–Trinajstić information content (AvgIpc) is 1.35. The molecular weight excluding hydrogens is 1230 g/mol. The number of phosphoric ester groups is 2. The van der Waals surface area contributed by atoms with E-state index < -0.39 is 97.5 Å². The van der Waals surface area contributed by atoms with E-state index in [0.717, 1.165) is 114 Å². The molecule has 6 atom stereocenters. The van der Waals surface area contributed by atoms with Crippen molar-refractivity contribution < 1.29 is 80.2 Å². The molecule has 19 heteroatoms. The van der Waals surface area contributed by atoms with Gasteiger partial charge in [-0.3, -0.25) is 37.3 Å². The second-order valence-corrected chi connectivity index (χ2v) is 31.6. The average molecular weight is 1380 g/mol. The van der Waals surface area contributed by atoms with E-state index in [0.29, 0.717) is 31.6 Å². The summed E-state index contributed by atoms with van der Waals surface area (Å²) in [6.45, 7) is 14.2. The van der Waals surface area contributed by atoms with Crippen LogP contribution in [0.15, 0.2) is 0 Å². The summed E-state index contributed by atoms with van der Waals surface area (Å²) in [5, 5.41) is 10.6. The number of hydrogen-bond acceptors (Lipinski definition) is 15. The highest BCUT2D eigenvalue weighted by atomic mass is 31.2. The predicted octanol–water partition coefficient (Wildman–Crippen LogP) is 21.7. The fourth-order valence-corrected chi connectivity index (χ4v) is 12.9. The Morgan fingerprint density at radius 3 is 0.755 bits per heavy atom. The second kappa shape index (κ2) is 64.4. The molecule has 0 aliphatic rings. The number of aliphatic hydroxyl groups excluding tert-OH is 1. The predicted molar refractivity (Wildman–Crippen MR) is 381 cm³/mol. The molecule has 0 heterocycles. The van der Waals surface area contributed by atoms with Gasteiger partial charge in [-0.15, -0.1) is 0 Å². The fourth-order valence-electron chi connectivity index (χ4n) is 11.3. The molecule has 0 saturated carbocycles. The van der Waals surface area contributed by atoms with E-state index in [1.165, 1.54) is 173 Å². The summed E-state index contributed by atoms with van der Waals surface area (Å²) >= 11 is 0. The molecule has 3 unspecified atom stereocenters. The van der Waals surface area contributed by atoms with Gasteiger partial charge in [0.2, 0.25) is 0 Å². The van der Waals surface area contributed by atoms with Crippen molar-refractivity contribution in [3.8, 4) is 0 Å². The highest BCUT2D eigenvalue weighted by Crippen LogP contribution is 2.45. The molecule has 0 radical (unpaired) electrons. The van der Waals surface area contributed by atoms with Gasteiger partial charge < -0.3 is 33.8 Å². The molecular formula is C75H146O17P2. The molecule has 3 N–H and O–H groups in total. The van der Waals surface area contributed by atoms with Crippen LogP contribution in [0.5, 0.6) is 0 Å². The van der Waals surface area contributed by atoms with Gasteiger partial charge in [-0.25, -0.2) is 9.13 Å². The van der Waals surface area contributed by atoms with E-state index in [-0.39, 0.29) is 25.7 Å². The number of phosphoric acid groups is 2. The van der Waals surface area contributed by atoms with Gasteiger partial charge in [-0.1, -0.05) is 325 Å². The minimum atomic E-state index is -4.96. The van der Waals surface area contributed by atoms with Crippen LogP contribution in [-0.4, -0.2) is 96.7 Å². The van der Waals surface area contributed by atoms with Crippen LogP contribution >= 0.6 is 15.6 Å². The van der Waals surface area contributed by atoms with Crippen LogP contribution < -0.4 is 0 Å². The maximum atomic E-state index is 13.1. The molecule has 94 heavy (non-hydrogen) atoms. The van der Waals surface area contributed by atoms with Gasteiger partial charge in [0.1, 0.15) is 19.3 Å². The Kier molecular flexibility index (Phi) is 63.1. The molecule has 0 aliphatic carbocycles. The minimum Gasteiger partial charge on any atom is -0.462 e. The SMILES string of the molecule is CCC(C)CCCCCCCCCCCCC(=O)O[C@H](COC(=O)CCCCCCCCCCCCCC(C)C)COP(=O)(O)OC[C@@H](O)COP(=O)(O)OC[C@@H](COC(=O)CCCCCCCCC(C)C)OC(=O)CCCCCCCCCCCCCCCCC(C)C. The quantitative estimate of drug-likeness (QED) is 0.0222. The second-order valence-electron chi connectivity index (χ2n) is 28.7. The van der Waals surface area contributed by atoms with Gasteiger partial charge in [0, 0.05) is 25.7 Å². The van der Waals surface area contributed by atoms with Crippen molar-refractivity contribution in [2.24, 2.45) is 23.7 Å². The maximum Gasteiger partial charge on any atom is 0.472 e. The maximum absolute atomic E-state index is 13.1. The Hall–Kier alpha value is -1.94. The monoisotopic (exact) mass is 1380 g/mol. The number of carbonyl (C=O) groups is 4. The van der Waals surface area contributed by atoms with E-state index >= 15 is 0 Å². The lowest BCUT2D eigenvalue weighted by molar-refractivity contribution is -0.161. The summed E-state index contributed by atoms with van der Waals surface area (Å²) < 4.78 is 68.5. The van der Waals surface area contributed by atoms with Crippen LogP contribution in [0, 0.1) is 23.7 Å². The molecule has 0 bridgehead atoms. The van der Waals surface area contributed by atoms with Gasteiger partial charge in [-0.2, -0.15) is 0 Å². The topological polar surface area (TPSA) is 237 Å². The van der Waals surface area contributed by atoms with Gasteiger partial charge in [0.15, 0.2) is 12.2 Å². The zero-order chi connectivity index (χ0) is 69.6. The molecule has 0 saturated heterocycles. The molecule has 0 rings (SSSR count). The summed E-state index contributed by atoms with van der Waals surface area (Å²) in [6.07, 6.45) is 48.6. The summed E-state index contributed by atoms with van der Waals surface area (Å²) in [7, 11) is -9.91. The number of ether oxygens (including phenoxy) is 4.